The lowest BCUT2D eigenvalue weighted by atomic mass is 9.79. The van der Waals surface area contributed by atoms with Gasteiger partial charge in [-0.2, -0.15) is 4.98 Å². The van der Waals surface area contributed by atoms with Crippen LogP contribution >= 0.6 is 11.6 Å². The number of benzene rings is 1. The van der Waals surface area contributed by atoms with Gasteiger partial charge in [-0.05, 0) is 30.4 Å². The summed E-state index contributed by atoms with van der Waals surface area (Å²) in [5, 5.41) is 18.5. The van der Waals surface area contributed by atoms with Gasteiger partial charge in [0.2, 0.25) is 5.95 Å². The molecular formula is C28H36ClN7O6. The van der Waals surface area contributed by atoms with Crippen LogP contribution < -0.4 is 35.9 Å². The third-order valence-electron chi connectivity index (χ3n) is 7.28. The zero-order chi connectivity index (χ0) is 30.8. The van der Waals surface area contributed by atoms with Crippen molar-refractivity contribution >= 4 is 52.0 Å². The largest absolute Gasteiger partial charge is 0.494 e. The van der Waals surface area contributed by atoms with Gasteiger partial charge in [0.15, 0.2) is 18.2 Å². The van der Waals surface area contributed by atoms with Crippen molar-refractivity contribution in [2.75, 3.05) is 37.5 Å². The van der Waals surface area contributed by atoms with Crippen molar-refractivity contribution in [1.29, 1.82) is 0 Å². The molecule has 2 atom stereocenters. The number of amides is 2. The van der Waals surface area contributed by atoms with Gasteiger partial charge in [0.25, 0.3) is 11.5 Å². The summed E-state index contributed by atoms with van der Waals surface area (Å²) < 4.78 is 12.5. The predicted octanol–water partition coefficient (Wildman–Crippen LogP) is 3.51. The molecule has 1 aromatic carbocycles. The van der Waals surface area contributed by atoms with Crippen molar-refractivity contribution in [2.24, 2.45) is 12.5 Å². The van der Waals surface area contributed by atoms with E-state index in [1.807, 2.05) is 0 Å². The number of anilines is 3. The zero-order valence-corrected chi connectivity index (χ0v) is 25.2. The SMILES string of the molecule is CNC(=O)COc1cc2cc(Nc3nc(N4CCC(NC(=O)O)CC4C(C)(C)C)ncc3Cl)cc(OC)c2n(C)c1=O. The molecule has 4 rings (SSSR count). The van der Waals surface area contributed by atoms with E-state index in [2.05, 4.69) is 46.6 Å². The number of hydrogen-bond donors (Lipinski definition) is 4. The molecule has 1 saturated heterocycles. The van der Waals surface area contributed by atoms with Gasteiger partial charge < -0.3 is 40.0 Å². The second kappa shape index (κ2) is 12.3. The Balaban J connectivity index is 1.69. The molecule has 2 aromatic heterocycles. The Morgan fingerprint density at radius 1 is 1.21 bits per heavy atom. The van der Waals surface area contributed by atoms with E-state index in [-0.39, 0.29) is 35.8 Å². The highest BCUT2D eigenvalue weighted by Crippen LogP contribution is 2.37. The van der Waals surface area contributed by atoms with E-state index >= 15 is 0 Å². The predicted molar refractivity (Wildman–Crippen MR) is 160 cm³/mol. The fourth-order valence-corrected chi connectivity index (χ4v) is 5.31. The maximum absolute atomic E-state index is 12.9. The average molecular weight is 602 g/mol. The van der Waals surface area contributed by atoms with Crippen LogP contribution in [0, 0.1) is 5.41 Å². The summed E-state index contributed by atoms with van der Waals surface area (Å²) in [5.74, 6) is 0.913. The lowest BCUT2D eigenvalue weighted by molar-refractivity contribution is -0.122. The number of nitrogens with one attached hydrogen (secondary N) is 3. The Kier molecular flexibility index (Phi) is 9.00. The van der Waals surface area contributed by atoms with Crippen LogP contribution in [0.3, 0.4) is 0 Å². The number of nitrogens with zero attached hydrogens (tertiary/aromatic N) is 4. The number of hydrogen-bond acceptors (Lipinski definition) is 9. The molecule has 0 bridgehead atoms. The first-order valence-corrected chi connectivity index (χ1v) is 13.8. The van der Waals surface area contributed by atoms with Crippen molar-refractivity contribution in [2.45, 2.75) is 45.7 Å². The number of carboxylic acid groups (broad SMARTS) is 1. The van der Waals surface area contributed by atoms with Crippen molar-refractivity contribution in [3.8, 4) is 11.5 Å². The highest BCUT2D eigenvalue weighted by molar-refractivity contribution is 6.33. The van der Waals surface area contributed by atoms with Crippen molar-refractivity contribution in [3.63, 3.8) is 0 Å². The minimum Gasteiger partial charge on any atom is -0.494 e. The molecule has 0 aliphatic carbocycles. The number of carbonyl (C=O) groups excluding carboxylic acids is 1. The van der Waals surface area contributed by atoms with Crippen molar-refractivity contribution in [3.05, 3.63) is 39.8 Å². The average Bonchev–Trinajstić information content (AvgIpc) is 2.93. The molecule has 2 amide bonds. The van der Waals surface area contributed by atoms with Crippen LogP contribution in [0.1, 0.15) is 33.6 Å². The molecular weight excluding hydrogens is 566 g/mol. The first-order valence-electron chi connectivity index (χ1n) is 13.4. The van der Waals surface area contributed by atoms with Crippen molar-refractivity contribution in [1.82, 2.24) is 25.2 Å². The van der Waals surface area contributed by atoms with Gasteiger partial charge in [-0.3, -0.25) is 9.59 Å². The van der Waals surface area contributed by atoms with Crippen LogP contribution in [0.5, 0.6) is 11.5 Å². The minimum atomic E-state index is -1.04. The van der Waals surface area contributed by atoms with Gasteiger partial charge in [0.05, 0.1) is 18.8 Å². The van der Waals surface area contributed by atoms with Crippen LogP contribution in [0.15, 0.2) is 29.2 Å². The summed E-state index contributed by atoms with van der Waals surface area (Å²) in [6, 6.07) is 4.88. The third kappa shape index (κ3) is 6.62. The van der Waals surface area contributed by atoms with Crippen LogP contribution in [0.2, 0.25) is 5.02 Å². The third-order valence-corrected chi connectivity index (χ3v) is 7.56. The normalized spacial score (nSPS) is 17.1. The molecule has 226 valence electrons. The summed E-state index contributed by atoms with van der Waals surface area (Å²) in [6.07, 6.45) is 1.71. The number of halogens is 1. The highest BCUT2D eigenvalue weighted by atomic mass is 35.5. The first kappa shape index (κ1) is 30.7. The number of rotatable bonds is 8. The summed E-state index contributed by atoms with van der Waals surface area (Å²) >= 11 is 6.52. The Bertz CT molecular complexity index is 1550. The standard InChI is InChI=1S/C28H36ClN7O6/c1-28(2,3)21-12-16(33-27(39)40)7-8-36(21)26-31-13-18(29)24(34-26)32-17-9-15-10-20(42-14-22(37)30-4)25(38)35(5)23(15)19(11-17)41-6/h9-11,13,16,21,33H,7-8,12,14H2,1-6H3,(H,30,37)(H,39,40)(H,31,32,34). The second-order valence-electron chi connectivity index (χ2n) is 11.2. The lowest BCUT2D eigenvalue weighted by Crippen LogP contribution is -2.55. The molecule has 14 heteroatoms. The molecule has 42 heavy (non-hydrogen) atoms. The number of ether oxygens (including phenoxy) is 2. The Labute approximate surface area is 248 Å². The van der Waals surface area contributed by atoms with E-state index < -0.39 is 11.7 Å². The number of fused-ring (bicyclic) bond motifs is 1. The molecule has 0 saturated carbocycles. The number of methoxy groups -OCH3 is 1. The van der Waals surface area contributed by atoms with Crippen molar-refractivity contribution < 1.29 is 24.2 Å². The smallest absolute Gasteiger partial charge is 0.404 e. The lowest BCUT2D eigenvalue weighted by Gasteiger charge is -2.46. The molecule has 4 N–H and O–H groups in total. The number of pyridine rings is 1. The van der Waals surface area contributed by atoms with E-state index in [9.17, 15) is 19.5 Å². The molecule has 13 nitrogen and oxygen atoms in total. The minimum absolute atomic E-state index is 0.0178. The Morgan fingerprint density at radius 3 is 2.60 bits per heavy atom. The fraction of sp³-hybridized carbons (Fsp3) is 0.464. The molecule has 3 heterocycles. The second-order valence-corrected chi connectivity index (χ2v) is 11.6. The Hall–Kier alpha value is -4.26. The highest BCUT2D eigenvalue weighted by Gasteiger charge is 2.38. The van der Waals surface area contributed by atoms with Crippen LogP contribution in [0.25, 0.3) is 10.9 Å². The molecule has 3 aromatic rings. The summed E-state index contributed by atoms with van der Waals surface area (Å²) in [7, 11) is 4.59. The molecule has 1 aliphatic heterocycles. The van der Waals surface area contributed by atoms with Crippen LogP contribution in [-0.2, 0) is 11.8 Å². The number of aromatic nitrogens is 3. The summed E-state index contributed by atoms with van der Waals surface area (Å²) in [5.41, 5.74) is 0.526. The van der Waals surface area contributed by atoms with Gasteiger partial charge in [-0.1, -0.05) is 32.4 Å². The number of piperidine rings is 1. The maximum atomic E-state index is 12.9. The fourth-order valence-electron chi connectivity index (χ4n) is 5.17. The van der Waals surface area contributed by atoms with E-state index in [1.54, 1.807) is 25.2 Å². The van der Waals surface area contributed by atoms with Crippen LogP contribution in [0.4, 0.5) is 22.2 Å². The van der Waals surface area contributed by atoms with E-state index in [1.165, 1.54) is 24.9 Å². The van der Waals surface area contributed by atoms with Gasteiger partial charge in [0, 0.05) is 49.9 Å². The van der Waals surface area contributed by atoms with Crippen LogP contribution in [-0.4, -0.2) is 71.0 Å². The maximum Gasteiger partial charge on any atom is 0.404 e. The van der Waals surface area contributed by atoms with Gasteiger partial charge >= 0.3 is 6.09 Å². The zero-order valence-electron chi connectivity index (χ0n) is 24.4. The van der Waals surface area contributed by atoms with Gasteiger partial charge in [0.1, 0.15) is 10.8 Å². The van der Waals surface area contributed by atoms with E-state index in [0.29, 0.717) is 58.5 Å². The summed E-state index contributed by atoms with van der Waals surface area (Å²) in [6.45, 7) is 6.56. The van der Waals surface area contributed by atoms with Gasteiger partial charge in [-0.15, -0.1) is 0 Å². The first-order chi connectivity index (χ1) is 19.8. The quantitative estimate of drug-likeness (QED) is 0.301. The molecule has 1 aliphatic rings. The number of carbonyl (C=O) groups is 2. The Morgan fingerprint density at radius 2 is 1.95 bits per heavy atom. The number of aryl methyl sites for hydroxylation is 1. The molecule has 1 fully saturated rings. The molecule has 0 radical (unpaired) electrons. The molecule has 2 unspecified atom stereocenters. The van der Waals surface area contributed by atoms with Gasteiger partial charge in [-0.25, -0.2) is 9.78 Å². The van der Waals surface area contributed by atoms with E-state index in [4.69, 9.17) is 26.1 Å². The number of likely N-dealkylation sites (N-methyl/N-ethyl adjacent to an activating group) is 1. The molecule has 0 spiro atoms. The van der Waals surface area contributed by atoms with E-state index in [0.717, 1.165) is 0 Å². The summed E-state index contributed by atoms with van der Waals surface area (Å²) in [4.78, 5) is 47.2. The topological polar surface area (TPSA) is 160 Å². The monoisotopic (exact) mass is 601 g/mol.